The van der Waals surface area contributed by atoms with Crippen molar-refractivity contribution in [3.8, 4) is 0 Å². The molecule has 128 valence electrons. The molecule has 2 unspecified atom stereocenters. The van der Waals surface area contributed by atoms with Crippen molar-refractivity contribution in [2.24, 2.45) is 0 Å². The summed E-state index contributed by atoms with van der Waals surface area (Å²) in [5, 5.41) is 0.813. The third-order valence-electron chi connectivity index (χ3n) is 5.84. The Labute approximate surface area is 158 Å². The van der Waals surface area contributed by atoms with Crippen LogP contribution in [0, 0.1) is 0 Å². The van der Waals surface area contributed by atoms with E-state index in [2.05, 4.69) is 59.3 Å². The number of fused-ring (bicyclic) bond motifs is 4. The monoisotopic (exact) mass is 368 g/mol. The summed E-state index contributed by atoms with van der Waals surface area (Å²) in [6, 6.07) is 16.4. The van der Waals surface area contributed by atoms with Crippen LogP contribution in [0.3, 0.4) is 0 Å². The smallest absolute Gasteiger partial charge is 0.0459 e. The molecule has 0 radical (unpaired) electrons. The van der Waals surface area contributed by atoms with Gasteiger partial charge in [-0.25, -0.2) is 0 Å². The molecule has 3 aliphatic heterocycles. The molecule has 0 saturated carbocycles. The number of nitrogens with zero attached hydrogens (tertiary/aromatic N) is 2. The maximum Gasteiger partial charge on any atom is 0.0459 e. The van der Waals surface area contributed by atoms with Crippen LogP contribution in [0.2, 0.25) is 5.02 Å². The highest BCUT2D eigenvalue weighted by Crippen LogP contribution is 2.43. The summed E-state index contributed by atoms with van der Waals surface area (Å²) >= 11 is 8.22. The Bertz CT molecular complexity index is 849. The topological polar surface area (TPSA) is 6.48 Å². The van der Waals surface area contributed by atoms with Crippen molar-refractivity contribution >= 4 is 35.1 Å². The first kappa shape index (κ1) is 15.8. The maximum absolute atomic E-state index is 6.38. The number of halogens is 1. The molecule has 3 aliphatic rings. The van der Waals surface area contributed by atoms with E-state index in [0.29, 0.717) is 12.1 Å². The van der Waals surface area contributed by atoms with Crippen LogP contribution in [-0.4, -0.2) is 42.0 Å². The maximum atomic E-state index is 6.38. The predicted molar refractivity (Wildman–Crippen MR) is 106 cm³/mol. The standard InChI is InChI=1S/C21H21ClN2S/c1-23-16-7-8-17(23)13-24(12-16)19-10-14-4-2-3-5-20(14)25-21-9-6-15(22)11-18(19)21/h2-6,9-11,16-17H,7-8,12-13H2,1H3. The first-order chi connectivity index (χ1) is 12.2. The van der Waals surface area contributed by atoms with Gasteiger partial charge in [0.15, 0.2) is 0 Å². The van der Waals surface area contributed by atoms with Gasteiger partial charge in [0.2, 0.25) is 0 Å². The lowest BCUT2D eigenvalue weighted by atomic mass is 10.0. The second-order valence-electron chi connectivity index (χ2n) is 7.27. The zero-order valence-electron chi connectivity index (χ0n) is 14.3. The molecule has 2 fully saturated rings. The van der Waals surface area contributed by atoms with Crippen molar-refractivity contribution in [3.05, 3.63) is 58.6 Å². The largest absolute Gasteiger partial charge is 0.368 e. The van der Waals surface area contributed by atoms with Gasteiger partial charge in [0.1, 0.15) is 0 Å². The molecule has 2 nitrogen and oxygen atoms in total. The van der Waals surface area contributed by atoms with Gasteiger partial charge in [-0.1, -0.05) is 41.6 Å². The Kier molecular flexibility index (Phi) is 3.85. The fourth-order valence-electron chi connectivity index (χ4n) is 4.40. The van der Waals surface area contributed by atoms with Crippen LogP contribution in [0.15, 0.2) is 52.3 Å². The van der Waals surface area contributed by atoms with Crippen LogP contribution in [-0.2, 0) is 0 Å². The first-order valence-electron chi connectivity index (χ1n) is 8.94. The van der Waals surface area contributed by atoms with E-state index in [-0.39, 0.29) is 0 Å². The Balaban J connectivity index is 1.64. The van der Waals surface area contributed by atoms with Crippen molar-refractivity contribution in [2.75, 3.05) is 20.1 Å². The lowest BCUT2D eigenvalue weighted by molar-refractivity contribution is 0.128. The molecular weight excluding hydrogens is 348 g/mol. The van der Waals surface area contributed by atoms with Crippen LogP contribution in [0.25, 0.3) is 11.8 Å². The van der Waals surface area contributed by atoms with Crippen molar-refractivity contribution in [3.63, 3.8) is 0 Å². The van der Waals surface area contributed by atoms with Crippen LogP contribution in [0.4, 0.5) is 0 Å². The zero-order chi connectivity index (χ0) is 17.0. The van der Waals surface area contributed by atoms with Gasteiger partial charge in [-0.2, -0.15) is 0 Å². The lowest BCUT2D eigenvalue weighted by Gasteiger charge is -2.41. The van der Waals surface area contributed by atoms with Gasteiger partial charge in [-0.05, 0) is 55.8 Å². The number of hydrogen-bond acceptors (Lipinski definition) is 3. The molecule has 25 heavy (non-hydrogen) atoms. The van der Waals surface area contributed by atoms with E-state index in [0.717, 1.165) is 18.1 Å². The average Bonchev–Trinajstić information content (AvgIpc) is 2.81. The van der Waals surface area contributed by atoms with Gasteiger partial charge in [-0.15, -0.1) is 0 Å². The van der Waals surface area contributed by atoms with E-state index in [1.54, 1.807) is 0 Å². The molecule has 0 aromatic heterocycles. The van der Waals surface area contributed by atoms with E-state index >= 15 is 0 Å². The van der Waals surface area contributed by atoms with Crippen molar-refractivity contribution < 1.29 is 0 Å². The van der Waals surface area contributed by atoms with Crippen LogP contribution in [0.5, 0.6) is 0 Å². The Morgan fingerprint density at radius 3 is 2.56 bits per heavy atom. The molecule has 4 heteroatoms. The van der Waals surface area contributed by atoms with Gasteiger partial charge >= 0.3 is 0 Å². The van der Waals surface area contributed by atoms with Gasteiger partial charge in [0.25, 0.3) is 0 Å². The number of benzene rings is 2. The molecule has 0 spiro atoms. The molecule has 0 amide bonds. The Hall–Kier alpha value is -1.42. The first-order valence-corrected chi connectivity index (χ1v) is 10.1. The average molecular weight is 369 g/mol. The zero-order valence-corrected chi connectivity index (χ0v) is 15.9. The van der Waals surface area contributed by atoms with E-state index in [4.69, 9.17) is 11.6 Å². The van der Waals surface area contributed by atoms with Gasteiger partial charge in [0, 0.05) is 51.2 Å². The molecule has 0 N–H and O–H groups in total. The van der Waals surface area contributed by atoms with Gasteiger partial charge < -0.3 is 4.90 Å². The predicted octanol–water partition coefficient (Wildman–Crippen LogP) is 5.08. The number of hydrogen-bond donors (Lipinski definition) is 0. The van der Waals surface area contributed by atoms with Gasteiger partial charge in [-0.3, -0.25) is 4.90 Å². The second kappa shape index (κ2) is 6.08. The third kappa shape index (κ3) is 2.69. The van der Waals surface area contributed by atoms with E-state index in [1.807, 2.05) is 17.8 Å². The summed E-state index contributed by atoms with van der Waals surface area (Å²) in [4.78, 5) is 7.79. The van der Waals surface area contributed by atoms with Gasteiger partial charge in [0.05, 0.1) is 0 Å². The van der Waals surface area contributed by atoms with E-state index in [9.17, 15) is 0 Å². The second-order valence-corrected chi connectivity index (χ2v) is 8.79. The molecule has 2 saturated heterocycles. The number of likely N-dealkylation sites (tertiary alicyclic amines) is 1. The Morgan fingerprint density at radius 1 is 1.00 bits per heavy atom. The summed E-state index contributed by atoms with van der Waals surface area (Å²) < 4.78 is 0. The number of likely N-dealkylation sites (N-methyl/N-ethyl adjacent to an activating group) is 1. The van der Waals surface area contributed by atoms with Crippen LogP contribution >= 0.6 is 23.4 Å². The highest BCUT2D eigenvalue weighted by molar-refractivity contribution is 7.99. The summed E-state index contributed by atoms with van der Waals surface area (Å²) in [7, 11) is 2.29. The molecule has 3 heterocycles. The van der Waals surface area contributed by atoms with Crippen LogP contribution < -0.4 is 0 Å². The Morgan fingerprint density at radius 2 is 1.76 bits per heavy atom. The number of rotatable bonds is 1. The molecular formula is C21H21ClN2S. The summed E-state index contributed by atoms with van der Waals surface area (Å²) in [6.07, 6.45) is 5.01. The summed E-state index contributed by atoms with van der Waals surface area (Å²) in [5.74, 6) is 0. The minimum absolute atomic E-state index is 0.674. The van der Waals surface area contributed by atoms with E-state index in [1.165, 1.54) is 39.5 Å². The highest BCUT2D eigenvalue weighted by Gasteiger charge is 2.38. The fourth-order valence-corrected chi connectivity index (χ4v) is 5.61. The lowest BCUT2D eigenvalue weighted by Crippen LogP contribution is -2.50. The molecule has 2 aromatic rings. The minimum atomic E-state index is 0.674. The normalized spacial score (nSPS) is 25.2. The minimum Gasteiger partial charge on any atom is -0.368 e. The molecule has 5 rings (SSSR count). The molecule has 2 aromatic carbocycles. The fraction of sp³-hybridized carbons (Fsp3) is 0.333. The van der Waals surface area contributed by atoms with E-state index < -0.39 is 0 Å². The van der Waals surface area contributed by atoms with Crippen molar-refractivity contribution in [1.29, 1.82) is 0 Å². The van der Waals surface area contributed by atoms with Crippen LogP contribution in [0.1, 0.15) is 24.0 Å². The molecule has 2 atom stereocenters. The van der Waals surface area contributed by atoms with Crippen molar-refractivity contribution in [1.82, 2.24) is 9.80 Å². The molecule has 0 aliphatic carbocycles. The SMILES string of the molecule is CN1C2CCC1CN(C1=Cc3ccccc3Sc3ccc(Cl)cc31)C2. The number of piperazine rings is 1. The molecule has 2 bridgehead atoms. The highest BCUT2D eigenvalue weighted by atomic mass is 35.5. The summed E-state index contributed by atoms with van der Waals surface area (Å²) in [5.41, 5.74) is 3.92. The van der Waals surface area contributed by atoms with Crippen molar-refractivity contribution in [2.45, 2.75) is 34.7 Å². The summed E-state index contributed by atoms with van der Waals surface area (Å²) in [6.45, 7) is 2.22. The third-order valence-corrected chi connectivity index (χ3v) is 7.24. The quantitative estimate of drug-likeness (QED) is 0.693.